The van der Waals surface area contributed by atoms with Crippen LogP contribution in [0.4, 0.5) is 5.69 Å². The van der Waals surface area contributed by atoms with Crippen molar-refractivity contribution in [1.82, 2.24) is 4.72 Å². The SMILES string of the molecule is CC(C)NS(=O)(=O)c1ccc(Oc2cccc(C(C)C)c2)c([N+](=O)[O-])c1. The van der Waals surface area contributed by atoms with Crippen LogP contribution in [0.2, 0.25) is 0 Å². The number of nitrogens with zero attached hydrogens (tertiary/aromatic N) is 1. The minimum Gasteiger partial charge on any atom is -0.450 e. The van der Waals surface area contributed by atoms with Gasteiger partial charge in [0, 0.05) is 12.1 Å². The first-order chi connectivity index (χ1) is 12.1. The molecule has 0 saturated heterocycles. The Bertz CT molecular complexity index is 908. The number of nitrogens with one attached hydrogen (secondary N) is 1. The van der Waals surface area contributed by atoms with E-state index in [4.69, 9.17) is 4.74 Å². The van der Waals surface area contributed by atoms with Gasteiger partial charge in [-0.05, 0) is 49.6 Å². The van der Waals surface area contributed by atoms with Crippen LogP contribution in [-0.4, -0.2) is 19.4 Å². The highest BCUT2D eigenvalue weighted by Gasteiger charge is 2.23. The summed E-state index contributed by atoms with van der Waals surface area (Å²) in [6.45, 7) is 7.40. The number of benzene rings is 2. The third kappa shape index (κ3) is 4.80. The van der Waals surface area contributed by atoms with E-state index in [0.29, 0.717) is 5.75 Å². The Balaban J connectivity index is 2.41. The van der Waals surface area contributed by atoms with Crippen molar-refractivity contribution in [3.63, 3.8) is 0 Å². The van der Waals surface area contributed by atoms with E-state index in [0.717, 1.165) is 11.6 Å². The monoisotopic (exact) mass is 378 g/mol. The molecule has 26 heavy (non-hydrogen) atoms. The zero-order valence-electron chi connectivity index (χ0n) is 15.1. The Kier molecular flexibility index (Phi) is 5.99. The maximum atomic E-state index is 12.2. The molecule has 2 rings (SSSR count). The maximum Gasteiger partial charge on any atom is 0.312 e. The van der Waals surface area contributed by atoms with E-state index in [9.17, 15) is 18.5 Å². The zero-order valence-corrected chi connectivity index (χ0v) is 15.9. The number of hydrogen-bond acceptors (Lipinski definition) is 5. The summed E-state index contributed by atoms with van der Waals surface area (Å²) in [6.07, 6.45) is 0. The average molecular weight is 378 g/mol. The molecule has 0 aliphatic rings. The van der Waals surface area contributed by atoms with Crippen LogP contribution in [0.3, 0.4) is 0 Å². The van der Waals surface area contributed by atoms with Crippen LogP contribution in [0.1, 0.15) is 39.2 Å². The van der Waals surface area contributed by atoms with E-state index in [1.165, 1.54) is 12.1 Å². The molecule has 0 unspecified atom stereocenters. The van der Waals surface area contributed by atoms with Crippen LogP contribution < -0.4 is 9.46 Å². The van der Waals surface area contributed by atoms with Crippen molar-refractivity contribution in [2.24, 2.45) is 0 Å². The van der Waals surface area contributed by atoms with E-state index < -0.39 is 20.6 Å². The first-order valence-corrected chi connectivity index (χ1v) is 9.67. The van der Waals surface area contributed by atoms with Crippen molar-refractivity contribution in [3.8, 4) is 11.5 Å². The average Bonchev–Trinajstić information content (AvgIpc) is 2.53. The van der Waals surface area contributed by atoms with Crippen molar-refractivity contribution >= 4 is 15.7 Å². The number of sulfonamides is 1. The van der Waals surface area contributed by atoms with E-state index in [2.05, 4.69) is 4.72 Å². The molecule has 0 bridgehead atoms. The number of nitro benzene ring substituents is 1. The lowest BCUT2D eigenvalue weighted by molar-refractivity contribution is -0.385. The van der Waals surface area contributed by atoms with Crippen LogP contribution in [0, 0.1) is 10.1 Å². The Morgan fingerprint density at radius 3 is 2.35 bits per heavy atom. The Hall–Kier alpha value is -2.45. The molecule has 0 heterocycles. The van der Waals surface area contributed by atoms with Gasteiger partial charge in [0.25, 0.3) is 0 Å². The second-order valence-corrected chi connectivity index (χ2v) is 8.21. The van der Waals surface area contributed by atoms with Crippen molar-refractivity contribution in [1.29, 1.82) is 0 Å². The minimum absolute atomic E-state index is 0.0144. The van der Waals surface area contributed by atoms with Gasteiger partial charge in [-0.1, -0.05) is 26.0 Å². The van der Waals surface area contributed by atoms with Crippen molar-refractivity contribution in [2.75, 3.05) is 0 Å². The third-order valence-corrected chi connectivity index (χ3v) is 5.24. The summed E-state index contributed by atoms with van der Waals surface area (Å²) >= 11 is 0. The predicted octanol–water partition coefficient (Wildman–Crippen LogP) is 4.20. The summed E-state index contributed by atoms with van der Waals surface area (Å²) in [5.74, 6) is 0.720. The maximum absolute atomic E-state index is 12.2. The predicted molar refractivity (Wildman–Crippen MR) is 99.2 cm³/mol. The fourth-order valence-electron chi connectivity index (χ4n) is 2.34. The van der Waals surface area contributed by atoms with Gasteiger partial charge in [0.05, 0.1) is 9.82 Å². The second-order valence-electron chi connectivity index (χ2n) is 6.49. The largest absolute Gasteiger partial charge is 0.450 e. The molecule has 0 aromatic heterocycles. The van der Waals surface area contributed by atoms with Gasteiger partial charge in [-0.3, -0.25) is 10.1 Å². The molecule has 0 spiro atoms. The molecule has 2 aromatic carbocycles. The molecule has 2 aromatic rings. The van der Waals surface area contributed by atoms with Crippen LogP contribution in [0.5, 0.6) is 11.5 Å². The van der Waals surface area contributed by atoms with E-state index in [-0.39, 0.29) is 22.6 Å². The van der Waals surface area contributed by atoms with E-state index in [1.807, 2.05) is 26.0 Å². The van der Waals surface area contributed by atoms with Crippen molar-refractivity contribution in [2.45, 2.75) is 44.6 Å². The first kappa shape index (κ1) is 19.9. The van der Waals surface area contributed by atoms with E-state index >= 15 is 0 Å². The topological polar surface area (TPSA) is 98.5 Å². The highest BCUT2D eigenvalue weighted by Crippen LogP contribution is 2.34. The molecule has 140 valence electrons. The van der Waals surface area contributed by atoms with Crippen molar-refractivity contribution < 1.29 is 18.1 Å². The summed E-state index contributed by atoms with van der Waals surface area (Å²) in [6, 6.07) is 10.5. The molecule has 0 aliphatic carbocycles. The molecule has 0 aliphatic heterocycles. The Labute approximate surface area is 153 Å². The molecular weight excluding hydrogens is 356 g/mol. The fourth-order valence-corrected chi connectivity index (χ4v) is 3.61. The summed E-state index contributed by atoms with van der Waals surface area (Å²) in [5.41, 5.74) is 0.622. The summed E-state index contributed by atoms with van der Waals surface area (Å²) < 4.78 is 32.5. The third-order valence-electron chi connectivity index (χ3n) is 3.58. The van der Waals surface area contributed by atoms with Crippen molar-refractivity contribution in [3.05, 3.63) is 58.1 Å². The Morgan fingerprint density at radius 2 is 1.77 bits per heavy atom. The molecule has 8 heteroatoms. The number of nitro groups is 1. The molecule has 0 saturated carbocycles. The normalized spacial score (nSPS) is 11.8. The molecule has 0 atom stereocenters. The molecule has 0 fully saturated rings. The first-order valence-electron chi connectivity index (χ1n) is 8.18. The van der Waals surface area contributed by atoms with Gasteiger partial charge in [0.2, 0.25) is 15.8 Å². The highest BCUT2D eigenvalue weighted by atomic mass is 32.2. The zero-order chi connectivity index (χ0) is 19.5. The number of rotatable bonds is 7. The smallest absolute Gasteiger partial charge is 0.312 e. The van der Waals surface area contributed by atoms with Gasteiger partial charge >= 0.3 is 5.69 Å². The van der Waals surface area contributed by atoms with Crippen LogP contribution in [0.25, 0.3) is 0 Å². The summed E-state index contributed by atoms with van der Waals surface area (Å²) in [4.78, 5) is 10.6. The molecule has 1 N–H and O–H groups in total. The fraction of sp³-hybridized carbons (Fsp3) is 0.333. The minimum atomic E-state index is -3.83. The lowest BCUT2D eigenvalue weighted by atomic mass is 10.0. The van der Waals surface area contributed by atoms with Gasteiger partial charge in [0.15, 0.2) is 0 Å². The van der Waals surface area contributed by atoms with Gasteiger partial charge in [-0.15, -0.1) is 0 Å². The van der Waals surface area contributed by atoms with Gasteiger partial charge in [0.1, 0.15) is 5.75 Å². The molecule has 7 nitrogen and oxygen atoms in total. The summed E-state index contributed by atoms with van der Waals surface area (Å²) in [5, 5.41) is 11.4. The lowest BCUT2D eigenvalue weighted by Gasteiger charge is -2.12. The van der Waals surface area contributed by atoms with E-state index in [1.54, 1.807) is 26.0 Å². The number of ether oxygens (including phenoxy) is 1. The molecule has 0 amide bonds. The standard InChI is InChI=1S/C18H22N2O5S/c1-12(2)14-6-5-7-15(10-14)25-18-9-8-16(11-17(18)20(21)22)26(23,24)19-13(3)4/h5-13,19H,1-4H3. The number of hydrogen-bond donors (Lipinski definition) is 1. The summed E-state index contributed by atoms with van der Waals surface area (Å²) in [7, 11) is -3.83. The van der Waals surface area contributed by atoms with Gasteiger partial charge < -0.3 is 4.74 Å². The quantitative estimate of drug-likeness (QED) is 0.575. The van der Waals surface area contributed by atoms with Gasteiger partial charge in [-0.2, -0.15) is 0 Å². The highest BCUT2D eigenvalue weighted by molar-refractivity contribution is 7.89. The molecular formula is C18H22N2O5S. The Morgan fingerprint density at radius 1 is 1.08 bits per heavy atom. The van der Waals surface area contributed by atoms with Gasteiger partial charge in [-0.25, -0.2) is 13.1 Å². The lowest BCUT2D eigenvalue weighted by Crippen LogP contribution is -2.30. The van der Waals surface area contributed by atoms with Crippen LogP contribution in [-0.2, 0) is 10.0 Å². The van der Waals surface area contributed by atoms with Crippen LogP contribution in [0.15, 0.2) is 47.4 Å². The second kappa shape index (κ2) is 7.84. The van der Waals surface area contributed by atoms with Crippen LogP contribution >= 0.6 is 0 Å². The molecule has 0 radical (unpaired) electrons.